The van der Waals surface area contributed by atoms with Gasteiger partial charge in [-0.05, 0) is 33.7 Å². The highest BCUT2D eigenvalue weighted by Crippen LogP contribution is 2.28. The van der Waals surface area contributed by atoms with Gasteiger partial charge in [0, 0.05) is 18.5 Å². The number of hydrogen-bond donors (Lipinski definition) is 1. The Bertz CT molecular complexity index is 235. The van der Waals surface area contributed by atoms with Crippen molar-refractivity contribution in [1.29, 1.82) is 0 Å². The summed E-state index contributed by atoms with van der Waals surface area (Å²) >= 11 is 0. The summed E-state index contributed by atoms with van der Waals surface area (Å²) in [6.45, 7) is 9.11. The molecule has 88 valence electrons. The molecule has 0 aromatic carbocycles. The summed E-state index contributed by atoms with van der Waals surface area (Å²) in [5, 5.41) is 0. The first-order valence-corrected chi connectivity index (χ1v) is 5.58. The lowest BCUT2D eigenvalue weighted by molar-refractivity contribution is -0.0288. The van der Waals surface area contributed by atoms with Gasteiger partial charge in [-0.2, -0.15) is 0 Å². The number of nitrogens with two attached hydrogens (primary N) is 1. The van der Waals surface area contributed by atoms with Crippen LogP contribution < -0.4 is 5.73 Å². The molecular weight excluding hydrogens is 192 g/mol. The fourth-order valence-electron chi connectivity index (χ4n) is 1.94. The van der Waals surface area contributed by atoms with E-state index in [1.165, 1.54) is 0 Å². The van der Waals surface area contributed by atoms with Crippen LogP contribution in [0.2, 0.25) is 0 Å². The minimum Gasteiger partial charge on any atom is -0.444 e. The molecule has 15 heavy (non-hydrogen) atoms. The molecule has 0 aliphatic carbocycles. The van der Waals surface area contributed by atoms with Crippen LogP contribution in [-0.4, -0.2) is 35.7 Å². The Labute approximate surface area is 91.8 Å². The van der Waals surface area contributed by atoms with E-state index in [1.54, 1.807) is 4.90 Å². The van der Waals surface area contributed by atoms with E-state index in [9.17, 15) is 4.79 Å². The Morgan fingerprint density at radius 1 is 1.53 bits per heavy atom. The zero-order valence-corrected chi connectivity index (χ0v) is 10.1. The maximum atomic E-state index is 11.7. The first-order valence-electron chi connectivity index (χ1n) is 5.58. The summed E-state index contributed by atoms with van der Waals surface area (Å²) < 4.78 is 5.31. The van der Waals surface area contributed by atoms with E-state index in [2.05, 4.69) is 6.92 Å². The van der Waals surface area contributed by atoms with Gasteiger partial charge in [0.25, 0.3) is 0 Å². The molecule has 4 heteroatoms. The van der Waals surface area contributed by atoms with Gasteiger partial charge in [0.15, 0.2) is 0 Å². The van der Waals surface area contributed by atoms with Gasteiger partial charge in [0.05, 0.1) is 0 Å². The smallest absolute Gasteiger partial charge is 0.410 e. The summed E-state index contributed by atoms with van der Waals surface area (Å²) in [5.74, 6) is 0.447. The molecule has 1 fully saturated rings. The van der Waals surface area contributed by atoms with Crippen molar-refractivity contribution in [3.63, 3.8) is 0 Å². The van der Waals surface area contributed by atoms with E-state index in [0.29, 0.717) is 12.5 Å². The van der Waals surface area contributed by atoms with E-state index in [1.807, 2.05) is 20.8 Å². The van der Waals surface area contributed by atoms with Crippen LogP contribution in [0.25, 0.3) is 0 Å². The molecule has 1 heterocycles. The maximum Gasteiger partial charge on any atom is 0.410 e. The number of hydrogen-bond acceptors (Lipinski definition) is 3. The topological polar surface area (TPSA) is 55.6 Å². The van der Waals surface area contributed by atoms with Gasteiger partial charge in [-0.1, -0.05) is 6.92 Å². The van der Waals surface area contributed by atoms with Crippen LogP contribution in [0.3, 0.4) is 0 Å². The molecule has 1 aliphatic heterocycles. The Morgan fingerprint density at radius 2 is 2.13 bits per heavy atom. The average Bonchev–Trinajstić information content (AvgIpc) is 2.00. The van der Waals surface area contributed by atoms with Crippen molar-refractivity contribution in [3.8, 4) is 0 Å². The van der Waals surface area contributed by atoms with Gasteiger partial charge in [0.1, 0.15) is 5.60 Å². The third-order valence-electron chi connectivity index (χ3n) is 2.72. The van der Waals surface area contributed by atoms with Gasteiger partial charge in [0.2, 0.25) is 0 Å². The average molecular weight is 214 g/mol. The fraction of sp³-hybridized carbons (Fsp3) is 0.909. The van der Waals surface area contributed by atoms with Crippen molar-refractivity contribution in [1.82, 2.24) is 4.90 Å². The Hall–Kier alpha value is -0.770. The lowest BCUT2D eigenvalue weighted by Crippen LogP contribution is -2.61. The zero-order valence-electron chi connectivity index (χ0n) is 10.1. The second-order valence-electron chi connectivity index (χ2n) is 5.10. The normalized spacial score (nSPS) is 26.1. The van der Waals surface area contributed by atoms with Gasteiger partial charge >= 0.3 is 6.09 Å². The highest BCUT2D eigenvalue weighted by atomic mass is 16.6. The first-order chi connectivity index (χ1) is 6.89. The summed E-state index contributed by atoms with van der Waals surface area (Å²) in [6.07, 6.45) is 0.736. The molecule has 0 unspecified atom stereocenters. The van der Waals surface area contributed by atoms with Gasteiger partial charge < -0.3 is 15.4 Å². The van der Waals surface area contributed by atoms with Crippen molar-refractivity contribution in [2.75, 3.05) is 13.1 Å². The SMILES string of the molecule is CC[C@@H]1[C@H](CN)CN1C(=O)OC(C)(C)C. The standard InChI is InChI=1S/C11H22N2O2/c1-5-9-8(6-12)7-13(9)10(14)15-11(2,3)4/h8-9H,5-7,12H2,1-4H3/t8-,9-/m1/s1. The number of rotatable bonds is 2. The summed E-state index contributed by atoms with van der Waals surface area (Å²) in [4.78, 5) is 13.5. The van der Waals surface area contributed by atoms with Crippen LogP contribution in [0.15, 0.2) is 0 Å². The Balaban J connectivity index is 2.49. The number of nitrogens with zero attached hydrogens (tertiary/aromatic N) is 1. The Kier molecular flexibility index (Phi) is 3.60. The van der Waals surface area contributed by atoms with E-state index in [0.717, 1.165) is 13.0 Å². The van der Waals surface area contributed by atoms with E-state index in [4.69, 9.17) is 10.5 Å². The largest absolute Gasteiger partial charge is 0.444 e. The minimum atomic E-state index is -0.414. The van der Waals surface area contributed by atoms with Crippen LogP contribution in [-0.2, 0) is 4.74 Å². The molecular formula is C11H22N2O2. The van der Waals surface area contributed by atoms with Crippen molar-refractivity contribution >= 4 is 6.09 Å². The molecule has 4 nitrogen and oxygen atoms in total. The molecule has 2 atom stereocenters. The maximum absolute atomic E-state index is 11.7. The van der Waals surface area contributed by atoms with Crippen molar-refractivity contribution < 1.29 is 9.53 Å². The molecule has 0 bridgehead atoms. The second-order valence-corrected chi connectivity index (χ2v) is 5.10. The van der Waals surface area contributed by atoms with Gasteiger partial charge in [-0.15, -0.1) is 0 Å². The number of carbonyl (C=O) groups is 1. The summed E-state index contributed by atoms with van der Waals surface area (Å²) in [5.41, 5.74) is 5.20. The van der Waals surface area contributed by atoms with Crippen LogP contribution in [0.1, 0.15) is 34.1 Å². The summed E-state index contributed by atoms with van der Waals surface area (Å²) in [7, 11) is 0. The molecule has 0 radical (unpaired) electrons. The quantitative estimate of drug-likeness (QED) is 0.759. The van der Waals surface area contributed by atoms with E-state index < -0.39 is 5.60 Å². The molecule has 1 rings (SSSR count). The van der Waals surface area contributed by atoms with E-state index >= 15 is 0 Å². The number of likely N-dealkylation sites (tertiary alicyclic amines) is 1. The molecule has 0 spiro atoms. The Morgan fingerprint density at radius 3 is 2.53 bits per heavy atom. The minimum absolute atomic E-state index is 0.209. The molecule has 1 amide bonds. The lowest BCUT2D eigenvalue weighted by atomic mass is 9.87. The third kappa shape index (κ3) is 2.84. The lowest BCUT2D eigenvalue weighted by Gasteiger charge is -2.47. The van der Waals surface area contributed by atoms with Gasteiger partial charge in [-0.25, -0.2) is 4.79 Å². The molecule has 0 aromatic rings. The molecule has 1 saturated heterocycles. The fourth-order valence-corrected chi connectivity index (χ4v) is 1.94. The van der Waals surface area contributed by atoms with Crippen LogP contribution in [0.5, 0.6) is 0 Å². The van der Waals surface area contributed by atoms with E-state index in [-0.39, 0.29) is 12.1 Å². The van der Waals surface area contributed by atoms with Crippen LogP contribution in [0.4, 0.5) is 4.79 Å². The monoisotopic (exact) mass is 214 g/mol. The van der Waals surface area contributed by atoms with Crippen molar-refractivity contribution in [2.24, 2.45) is 11.7 Å². The third-order valence-corrected chi connectivity index (χ3v) is 2.72. The predicted molar refractivity (Wildman–Crippen MR) is 59.6 cm³/mol. The van der Waals surface area contributed by atoms with Gasteiger partial charge in [-0.3, -0.25) is 0 Å². The van der Waals surface area contributed by atoms with Crippen LogP contribution in [0, 0.1) is 5.92 Å². The highest BCUT2D eigenvalue weighted by Gasteiger charge is 2.41. The first kappa shape index (κ1) is 12.3. The molecule has 0 saturated carbocycles. The highest BCUT2D eigenvalue weighted by molar-refractivity contribution is 5.69. The van der Waals surface area contributed by atoms with Crippen molar-refractivity contribution in [2.45, 2.75) is 45.8 Å². The zero-order chi connectivity index (χ0) is 11.6. The van der Waals surface area contributed by atoms with Crippen molar-refractivity contribution in [3.05, 3.63) is 0 Å². The molecule has 1 aliphatic rings. The molecule has 0 aromatic heterocycles. The summed E-state index contributed by atoms with van der Waals surface area (Å²) in [6, 6.07) is 0.268. The number of carbonyl (C=O) groups excluding carboxylic acids is 1. The second kappa shape index (κ2) is 4.39. The number of amides is 1. The van der Waals surface area contributed by atoms with Crippen LogP contribution >= 0.6 is 0 Å². The number of ether oxygens (including phenoxy) is 1. The molecule has 2 N–H and O–H groups in total. The predicted octanol–water partition coefficient (Wildman–Crippen LogP) is 1.59.